The van der Waals surface area contributed by atoms with Crippen LogP contribution in [0.15, 0.2) is 25.9 Å². The first-order valence-electron chi connectivity index (χ1n) is 10.4. The van der Waals surface area contributed by atoms with Crippen molar-refractivity contribution in [1.29, 1.82) is 0 Å². The molecule has 0 atom stereocenters. The van der Waals surface area contributed by atoms with Gasteiger partial charge in [-0.25, -0.2) is 0 Å². The highest BCUT2D eigenvalue weighted by Crippen LogP contribution is 1.92. The number of aromatic nitrogens is 12. The normalized spacial score (nSPS) is 9.43. The van der Waals surface area contributed by atoms with Gasteiger partial charge < -0.3 is 13.5 Å². The summed E-state index contributed by atoms with van der Waals surface area (Å²) in [7, 11) is 3.69. The van der Waals surface area contributed by atoms with Crippen LogP contribution in [0.1, 0.15) is 46.6 Å². The van der Waals surface area contributed by atoms with Gasteiger partial charge in [0, 0.05) is 54.2 Å². The quantitative estimate of drug-likeness (QED) is 0.310. The van der Waals surface area contributed by atoms with Crippen molar-refractivity contribution in [1.82, 2.24) is 60.5 Å². The number of hydrogen-bond acceptors (Lipinski definition) is 13. The Hall–Kier alpha value is -4.30. The van der Waals surface area contributed by atoms with Crippen molar-refractivity contribution in [3.63, 3.8) is 0 Å². The predicted octanol–water partition coefficient (Wildman–Crippen LogP) is 2.31. The number of hydrogen-bond donors (Lipinski definition) is 0. The Balaban J connectivity index is 0.000000219. The Morgan fingerprint density at radius 3 is 1.00 bits per heavy atom. The summed E-state index contributed by atoms with van der Waals surface area (Å²) in [6.45, 7) is 14.5. The van der Waals surface area contributed by atoms with Crippen LogP contribution in [-0.4, -0.2) is 60.5 Å². The average molecular weight is 489 g/mol. The lowest BCUT2D eigenvalue weighted by molar-refractivity contribution is 0.389. The molecule has 0 N–H and O–H groups in total. The van der Waals surface area contributed by atoms with Gasteiger partial charge in [-0.1, -0.05) is 20.7 Å². The molecule has 0 radical (unpaired) electrons. The lowest BCUT2D eigenvalue weighted by atomic mass is 10.6. The molecule has 190 valence electrons. The monoisotopic (exact) mass is 488 g/mol. The smallest absolute Gasteiger partial charge is 0.223 e. The summed E-state index contributed by atoms with van der Waals surface area (Å²) in [6, 6.07) is 0. The number of rotatable bonds is 0. The molecule has 0 saturated heterocycles. The van der Waals surface area contributed by atoms with E-state index >= 15 is 0 Å². The van der Waals surface area contributed by atoms with Crippen LogP contribution in [-0.2, 0) is 14.1 Å². The van der Waals surface area contributed by atoms with E-state index in [1.807, 2.05) is 40.3 Å². The lowest BCUT2D eigenvalue weighted by Crippen LogP contribution is -1.85. The van der Waals surface area contributed by atoms with Crippen molar-refractivity contribution < 1.29 is 13.5 Å². The molecule has 0 amide bonds. The maximum Gasteiger partial charge on any atom is 0.223 e. The summed E-state index contributed by atoms with van der Waals surface area (Å²) < 4.78 is 17.4. The molecule has 0 spiro atoms. The topological polar surface area (TPSA) is 178 Å². The van der Waals surface area contributed by atoms with Crippen molar-refractivity contribution in [2.24, 2.45) is 14.1 Å². The molecule has 0 unspecified atom stereocenters. The molecule has 0 aliphatic heterocycles. The van der Waals surface area contributed by atoms with E-state index in [9.17, 15) is 0 Å². The fraction of sp³-hybridized carbons (Fsp3) is 0.500. The minimum Gasteiger partial charge on any atom is -0.426 e. The van der Waals surface area contributed by atoms with Gasteiger partial charge in [-0.2, -0.15) is 9.97 Å². The largest absolute Gasteiger partial charge is 0.426 e. The van der Waals surface area contributed by atoms with Crippen LogP contribution < -0.4 is 0 Å². The molecule has 5 aromatic rings. The Bertz CT molecular complexity index is 929. The van der Waals surface area contributed by atoms with Gasteiger partial charge in [0.05, 0.1) is 11.4 Å². The SMILES string of the molecule is Cc1cn(C)nn1.Cc1cn(C)nn1.Cc1nnc(C)o1.Cc1noc(C)n1.Cc1noc(C)n1. The summed E-state index contributed by atoms with van der Waals surface area (Å²) >= 11 is 0. The maximum atomic E-state index is 4.86. The Kier molecular flexibility index (Phi) is 12.1. The zero-order valence-corrected chi connectivity index (χ0v) is 21.7. The van der Waals surface area contributed by atoms with Crippen LogP contribution in [0.3, 0.4) is 0 Å². The Labute approximate surface area is 202 Å². The zero-order chi connectivity index (χ0) is 26.4. The minimum absolute atomic E-state index is 0.623. The molecule has 5 rings (SSSR count). The molecule has 0 saturated carbocycles. The van der Waals surface area contributed by atoms with Crippen molar-refractivity contribution >= 4 is 0 Å². The second kappa shape index (κ2) is 14.8. The highest BCUT2D eigenvalue weighted by Gasteiger charge is 1.91. The van der Waals surface area contributed by atoms with Gasteiger partial charge in [0.25, 0.3) is 0 Å². The van der Waals surface area contributed by atoms with Crippen LogP contribution in [0.5, 0.6) is 0 Å². The first-order chi connectivity index (χ1) is 16.4. The molecule has 0 bridgehead atoms. The number of nitrogens with zero attached hydrogens (tertiary/aromatic N) is 12. The maximum absolute atomic E-state index is 4.86. The molecule has 15 nitrogen and oxygen atoms in total. The molecular formula is C20H32N12O3. The van der Waals surface area contributed by atoms with Crippen LogP contribution in [0.4, 0.5) is 0 Å². The molecule has 0 aromatic carbocycles. The second-order valence-corrected chi connectivity index (χ2v) is 7.13. The Morgan fingerprint density at radius 2 is 0.914 bits per heavy atom. The molecule has 15 heteroatoms. The Morgan fingerprint density at radius 1 is 0.543 bits per heavy atom. The van der Waals surface area contributed by atoms with E-state index in [0.717, 1.165) is 11.4 Å². The molecule has 0 fully saturated rings. The van der Waals surface area contributed by atoms with Gasteiger partial charge in [0.2, 0.25) is 23.6 Å². The summed E-state index contributed by atoms with van der Waals surface area (Å²) in [5, 5.41) is 29.1. The predicted molar refractivity (Wildman–Crippen MR) is 123 cm³/mol. The van der Waals surface area contributed by atoms with Crippen molar-refractivity contribution in [2.75, 3.05) is 0 Å². The standard InChI is InChI=1S/2C4H7N3.3C4H6N2O/c2*1-4-3-7(2)6-5-4;1-3-5-6-4(2)7-3;2*1-3-5-4(2)7-6-3/h2*3H,1-2H3;3*1-2H3. The molecule has 5 heterocycles. The lowest BCUT2D eigenvalue weighted by Gasteiger charge is -1.75. The van der Waals surface area contributed by atoms with E-state index in [4.69, 9.17) is 4.42 Å². The van der Waals surface area contributed by atoms with Gasteiger partial charge in [0.15, 0.2) is 11.6 Å². The van der Waals surface area contributed by atoms with Gasteiger partial charge in [-0.15, -0.1) is 20.4 Å². The van der Waals surface area contributed by atoms with E-state index in [1.54, 1.807) is 50.9 Å². The fourth-order valence-electron chi connectivity index (χ4n) is 2.12. The molecule has 35 heavy (non-hydrogen) atoms. The third-order valence-electron chi connectivity index (χ3n) is 3.32. The second-order valence-electron chi connectivity index (χ2n) is 7.13. The third kappa shape index (κ3) is 13.8. The molecular weight excluding hydrogens is 456 g/mol. The van der Waals surface area contributed by atoms with Crippen LogP contribution in [0, 0.1) is 55.4 Å². The summed E-state index contributed by atoms with van der Waals surface area (Å²) in [5.41, 5.74) is 1.92. The molecule has 5 aromatic heterocycles. The highest BCUT2D eigenvalue weighted by atomic mass is 16.5. The van der Waals surface area contributed by atoms with E-state index in [1.165, 1.54) is 0 Å². The molecule has 0 aliphatic rings. The first-order valence-corrected chi connectivity index (χ1v) is 10.4. The van der Waals surface area contributed by atoms with E-state index < -0.39 is 0 Å². The zero-order valence-electron chi connectivity index (χ0n) is 21.7. The van der Waals surface area contributed by atoms with E-state index in [-0.39, 0.29) is 0 Å². The van der Waals surface area contributed by atoms with Crippen LogP contribution in [0.2, 0.25) is 0 Å². The van der Waals surface area contributed by atoms with E-state index in [0.29, 0.717) is 35.2 Å². The average Bonchev–Trinajstić information content (AvgIpc) is 3.59. The fourth-order valence-corrected chi connectivity index (χ4v) is 2.12. The molecule has 0 aliphatic carbocycles. The van der Waals surface area contributed by atoms with Gasteiger partial charge in [-0.05, 0) is 27.7 Å². The third-order valence-corrected chi connectivity index (χ3v) is 3.32. The highest BCUT2D eigenvalue weighted by molar-refractivity contribution is 4.85. The van der Waals surface area contributed by atoms with Crippen LogP contribution >= 0.6 is 0 Å². The van der Waals surface area contributed by atoms with Gasteiger partial charge >= 0.3 is 0 Å². The summed E-state index contributed by atoms with van der Waals surface area (Å²) in [5.74, 6) is 3.88. The minimum atomic E-state index is 0.623. The summed E-state index contributed by atoms with van der Waals surface area (Å²) in [6.07, 6.45) is 3.72. The van der Waals surface area contributed by atoms with Crippen molar-refractivity contribution in [3.05, 3.63) is 59.0 Å². The van der Waals surface area contributed by atoms with Gasteiger partial charge in [-0.3, -0.25) is 9.36 Å². The van der Waals surface area contributed by atoms with Gasteiger partial charge in [0.1, 0.15) is 0 Å². The van der Waals surface area contributed by atoms with Crippen molar-refractivity contribution in [2.45, 2.75) is 55.4 Å². The number of aryl methyl sites for hydroxylation is 10. The van der Waals surface area contributed by atoms with Crippen molar-refractivity contribution in [3.8, 4) is 0 Å². The van der Waals surface area contributed by atoms with Crippen LogP contribution in [0.25, 0.3) is 0 Å². The van der Waals surface area contributed by atoms with E-state index in [2.05, 4.69) is 60.1 Å². The first kappa shape index (κ1) is 28.7. The summed E-state index contributed by atoms with van der Waals surface area (Å²) in [4.78, 5) is 7.67.